The lowest BCUT2D eigenvalue weighted by Gasteiger charge is -2.31. The van der Waals surface area contributed by atoms with E-state index in [1.54, 1.807) is 24.3 Å². The number of piperidine rings is 1. The van der Waals surface area contributed by atoms with Crippen LogP contribution in [0.3, 0.4) is 0 Å². The van der Waals surface area contributed by atoms with Gasteiger partial charge in [0.25, 0.3) is 0 Å². The zero-order chi connectivity index (χ0) is 19.7. The van der Waals surface area contributed by atoms with E-state index in [2.05, 4.69) is 10.3 Å². The molecule has 0 aliphatic carbocycles. The van der Waals surface area contributed by atoms with Crippen LogP contribution in [0.2, 0.25) is 5.02 Å². The molecule has 2 aromatic carbocycles. The highest BCUT2D eigenvalue weighted by molar-refractivity contribution is 6.35. The van der Waals surface area contributed by atoms with Crippen LogP contribution in [0.4, 0.5) is 20.2 Å². The predicted octanol–water partition coefficient (Wildman–Crippen LogP) is 4.74. The number of hydrogen-bond donors (Lipinski definition) is 2. The van der Waals surface area contributed by atoms with Gasteiger partial charge in [-0.1, -0.05) is 17.7 Å². The van der Waals surface area contributed by atoms with Gasteiger partial charge in [0.05, 0.1) is 22.5 Å². The van der Waals surface area contributed by atoms with Gasteiger partial charge in [0.2, 0.25) is 0 Å². The quantitative estimate of drug-likeness (QED) is 0.660. The molecule has 0 amide bonds. The number of benzene rings is 2. The fourth-order valence-electron chi connectivity index (χ4n) is 3.51. The summed E-state index contributed by atoms with van der Waals surface area (Å²) in [7, 11) is 0. The van der Waals surface area contributed by atoms with E-state index in [0.717, 1.165) is 0 Å². The molecule has 0 bridgehead atoms. The van der Waals surface area contributed by atoms with E-state index in [0.29, 0.717) is 47.6 Å². The maximum atomic E-state index is 14.7. The van der Waals surface area contributed by atoms with Gasteiger partial charge in [-0.2, -0.15) is 0 Å². The second-order valence-electron chi connectivity index (χ2n) is 6.97. The predicted molar refractivity (Wildman–Crippen MR) is 108 cm³/mol. The third-order valence-electron chi connectivity index (χ3n) is 5.10. The Hall–Kier alpha value is -2.44. The van der Waals surface area contributed by atoms with Crippen LogP contribution in [0, 0.1) is 11.6 Å². The molecule has 0 radical (unpaired) electrons. The Balaban J connectivity index is 1.49. The van der Waals surface area contributed by atoms with Crippen LogP contribution in [0.25, 0.3) is 10.9 Å². The highest BCUT2D eigenvalue weighted by atomic mass is 35.5. The third kappa shape index (κ3) is 3.75. The number of nitrogens with one attached hydrogen (secondary N) is 1. The minimum atomic E-state index is -0.482. The van der Waals surface area contributed by atoms with Gasteiger partial charge in [-0.05, 0) is 48.7 Å². The van der Waals surface area contributed by atoms with Crippen LogP contribution in [0.5, 0.6) is 0 Å². The van der Waals surface area contributed by atoms with Crippen LogP contribution >= 0.6 is 11.6 Å². The van der Waals surface area contributed by atoms with Gasteiger partial charge >= 0.3 is 0 Å². The van der Waals surface area contributed by atoms with E-state index < -0.39 is 5.82 Å². The summed E-state index contributed by atoms with van der Waals surface area (Å²) in [6.07, 6.45) is 2.44. The van der Waals surface area contributed by atoms with E-state index in [4.69, 9.17) is 11.6 Å². The number of aliphatic hydroxyl groups excluding tert-OH is 1. The molecule has 4 rings (SSSR count). The first-order valence-corrected chi connectivity index (χ1v) is 9.59. The zero-order valence-corrected chi connectivity index (χ0v) is 15.9. The Morgan fingerprint density at radius 3 is 2.68 bits per heavy atom. The first-order valence-electron chi connectivity index (χ1n) is 9.21. The van der Waals surface area contributed by atoms with Gasteiger partial charge in [0, 0.05) is 31.2 Å². The number of fused-ring (bicyclic) bond motifs is 1. The van der Waals surface area contributed by atoms with Crippen molar-refractivity contribution in [2.75, 3.05) is 23.3 Å². The van der Waals surface area contributed by atoms with Crippen molar-refractivity contribution in [1.82, 2.24) is 4.98 Å². The highest BCUT2D eigenvalue weighted by Gasteiger charge is 2.19. The molecule has 1 fully saturated rings. The van der Waals surface area contributed by atoms with Crippen molar-refractivity contribution in [2.45, 2.75) is 25.5 Å². The molecule has 1 aliphatic heterocycles. The van der Waals surface area contributed by atoms with Gasteiger partial charge < -0.3 is 15.3 Å². The molecule has 146 valence electrons. The van der Waals surface area contributed by atoms with Gasteiger partial charge in [-0.25, -0.2) is 8.78 Å². The molecule has 0 saturated carbocycles. The van der Waals surface area contributed by atoms with Gasteiger partial charge in [-0.3, -0.25) is 4.98 Å². The topological polar surface area (TPSA) is 48.4 Å². The Morgan fingerprint density at radius 2 is 1.93 bits per heavy atom. The number of hydrogen-bond acceptors (Lipinski definition) is 4. The second-order valence-corrected chi connectivity index (χ2v) is 7.38. The number of rotatable bonds is 4. The molecule has 28 heavy (non-hydrogen) atoms. The molecular weight excluding hydrogens is 384 g/mol. The minimum Gasteiger partial charge on any atom is -0.393 e. The van der Waals surface area contributed by atoms with Gasteiger partial charge in [0.15, 0.2) is 5.82 Å². The molecular formula is C21H20ClF2N3O. The fraction of sp³-hybridized carbons (Fsp3) is 0.286. The molecule has 2 heterocycles. The summed E-state index contributed by atoms with van der Waals surface area (Å²) in [5.74, 6) is -0.799. The summed E-state index contributed by atoms with van der Waals surface area (Å²) < 4.78 is 29.2. The molecule has 2 N–H and O–H groups in total. The van der Waals surface area contributed by atoms with Crippen LogP contribution in [-0.4, -0.2) is 29.3 Å². The summed E-state index contributed by atoms with van der Waals surface area (Å²) >= 11 is 6.07. The molecule has 0 spiro atoms. The monoisotopic (exact) mass is 403 g/mol. The number of pyridine rings is 1. The van der Waals surface area contributed by atoms with Gasteiger partial charge in [0.1, 0.15) is 11.3 Å². The summed E-state index contributed by atoms with van der Waals surface area (Å²) in [5.41, 5.74) is 1.73. The van der Waals surface area contributed by atoms with Crippen molar-refractivity contribution >= 4 is 33.9 Å². The number of halogens is 3. The first-order chi connectivity index (χ1) is 13.5. The van der Waals surface area contributed by atoms with Crippen LogP contribution in [0.15, 0.2) is 42.6 Å². The maximum Gasteiger partial charge on any atom is 0.172 e. The van der Waals surface area contributed by atoms with E-state index in [-0.39, 0.29) is 29.7 Å². The minimum absolute atomic E-state index is 0.200. The molecule has 0 unspecified atom stereocenters. The van der Waals surface area contributed by atoms with Crippen molar-refractivity contribution in [2.24, 2.45) is 0 Å². The van der Waals surface area contributed by atoms with E-state index in [9.17, 15) is 13.9 Å². The largest absolute Gasteiger partial charge is 0.393 e. The van der Waals surface area contributed by atoms with Crippen LogP contribution in [-0.2, 0) is 6.54 Å². The average molecular weight is 404 g/mol. The molecule has 1 aliphatic rings. The Bertz CT molecular complexity index is 1010. The standard InChI is InChI=1S/C21H20ClF2N3O/c22-16-5-8-25-21-15(16)2-3-18(20(21)24)26-12-13-1-4-19(17(23)11-13)27-9-6-14(28)7-10-27/h1-5,8,11,14,26,28H,6-7,9-10,12H2. The van der Waals surface area contributed by atoms with Crippen molar-refractivity contribution in [3.05, 3.63) is 64.8 Å². The second kappa shape index (κ2) is 7.89. The van der Waals surface area contributed by atoms with E-state index >= 15 is 0 Å². The van der Waals surface area contributed by atoms with Crippen molar-refractivity contribution in [1.29, 1.82) is 0 Å². The highest BCUT2D eigenvalue weighted by Crippen LogP contribution is 2.29. The Labute approximate surface area is 166 Å². The molecule has 1 aromatic heterocycles. The van der Waals surface area contributed by atoms with Crippen LogP contribution in [0.1, 0.15) is 18.4 Å². The average Bonchev–Trinajstić information content (AvgIpc) is 2.69. The fourth-order valence-corrected chi connectivity index (χ4v) is 3.72. The SMILES string of the molecule is OC1CCN(c2ccc(CNc3ccc4c(Cl)ccnc4c3F)cc2F)CC1. The maximum absolute atomic E-state index is 14.7. The number of aromatic nitrogens is 1. The third-order valence-corrected chi connectivity index (χ3v) is 5.43. The summed E-state index contributed by atoms with van der Waals surface area (Å²) in [4.78, 5) is 6.00. The van der Waals surface area contributed by atoms with E-state index in [1.165, 1.54) is 12.3 Å². The molecule has 7 heteroatoms. The zero-order valence-electron chi connectivity index (χ0n) is 15.1. The lowest BCUT2D eigenvalue weighted by molar-refractivity contribution is 0.145. The number of aliphatic hydroxyl groups is 1. The van der Waals surface area contributed by atoms with E-state index in [1.807, 2.05) is 11.0 Å². The molecule has 4 nitrogen and oxygen atoms in total. The smallest absolute Gasteiger partial charge is 0.172 e. The van der Waals surface area contributed by atoms with Crippen molar-refractivity contribution in [3.63, 3.8) is 0 Å². The number of anilines is 2. The summed E-state index contributed by atoms with van der Waals surface area (Å²) in [6.45, 7) is 1.54. The number of nitrogens with zero attached hydrogens (tertiary/aromatic N) is 2. The van der Waals surface area contributed by atoms with Gasteiger partial charge in [-0.15, -0.1) is 0 Å². The molecule has 0 atom stereocenters. The molecule has 1 saturated heterocycles. The lowest BCUT2D eigenvalue weighted by atomic mass is 10.1. The summed E-state index contributed by atoms with van der Waals surface area (Å²) in [5, 5.41) is 13.6. The Kier molecular flexibility index (Phi) is 5.33. The van der Waals surface area contributed by atoms with Crippen LogP contribution < -0.4 is 10.2 Å². The van der Waals surface area contributed by atoms with Crippen molar-refractivity contribution in [3.8, 4) is 0 Å². The normalized spacial score (nSPS) is 15.2. The van der Waals surface area contributed by atoms with Crippen molar-refractivity contribution < 1.29 is 13.9 Å². The lowest BCUT2D eigenvalue weighted by Crippen LogP contribution is -2.36. The summed E-state index contributed by atoms with van der Waals surface area (Å²) in [6, 6.07) is 9.96. The Morgan fingerprint density at radius 1 is 1.14 bits per heavy atom. The first kappa shape index (κ1) is 18.9. The molecule has 3 aromatic rings.